The van der Waals surface area contributed by atoms with E-state index in [1.807, 2.05) is 12.4 Å². The zero-order valence-electron chi connectivity index (χ0n) is 11.7. The molecule has 0 saturated heterocycles. The number of nitrogens with two attached hydrogens (primary N) is 1. The Morgan fingerprint density at radius 2 is 1.90 bits per heavy atom. The fourth-order valence-electron chi connectivity index (χ4n) is 2.82. The van der Waals surface area contributed by atoms with Gasteiger partial charge < -0.3 is 10.3 Å². The number of fused-ring (bicyclic) bond motifs is 1. The number of hydrogen-bond acceptors (Lipinski definition) is 2. The van der Waals surface area contributed by atoms with Crippen molar-refractivity contribution in [2.75, 3.05) is 6.54 Å². The number of rotatable bonds is 4. The maximum atomic E-state index is 6.03. The summed E-state index contributed by atoms with van der Waals surface area (Å²) in [6.07, 6.45) is 6.84. The maximum absolute atomic E-state index is 6.03. The predicted octanol–water partition coefficient (Wildman–Crippen LogP) is 2.86. The second kappa shape index (κ2) is 5.47. The molecule has 0 fully saturated rings. The predicted molar refractivity (Wildman–Crippen MR) is 82.7 cm³/mol. The van der Waals surface area contributed by atoms with Gasteiger partial charge in [-0.25, -0.2) is 0 Å². The van der Waals surface area contributed by atoms with Crippen molar-refractivity contribution >= 4 is 10.9 Å². The van der Waals surface area contributed by atoms with Crippen molar-refractivity contribution in [3.8, 4) is 0 Å². The summed E-state index contributed by atoms with van der Waals surface area (Å²) in [5.74, 6) is 0.337. The molecule has 0 spiro atoms. The summed E-state index contributed by atoms with van der Waals surface area (Å²) in [5.41, 5.74) is 9.90. The average molecular weight is 265 g/mol. The lowest BCUT2D eigenvalue weighted by Gasteiger charge is -2.14. The Hall–Kier alpha value is -2.13. The quantitative estimate of drug-likeness (QED) is 0.788. The largest absolute Gasteiger partial charge is 0.350 e. The molecule has 1 atom stereocenters. The number of para-hydroxylation sites is 1. The molecule has 1 unspecified atom stereocenters. The molecule has 0 saturated carbocycles. The second-order valence-corrected chi connectivity index (χ2v) is 5.20. The molecule has 3 rings (SSSR count). The van der Waals surface area contributed by atoms with Gasteiger partial charge in [-0.2, -0.15) is 0 Å². The highest BCUT2D eigenvalue weighted by Crippen LogP contribution is 2.29. The van der Waals surface area contributed by atoms with Crippen LogP contribution in [0.3, 0.4) is 0 Å². The number of pyridine rings is 1. The van der Waals surface area contributed by atoms with Gasteiger partial charge in [-0.1, -0.05) is 18.2 Å². The minimum atomic E-state index is 0.337. The second-order valence-electron chi connectivity index (χ2n) is 5.20. The minimum absolute atomic E-state index is 0.337. The van der Waals surface area contributed by atoms with Gasteiger partial charge in [-0.15, -0.1) is 0 Å². The van der Waals surface area contributed by atoms with E-state index in [0.29, 0.717) is 12.5 Å². The topological polar surface area (TPSA) is 43.8 Å². The van der Waals surface area contributed by atoms with Crippen molar-refractivity contribution in [3.63, 3.8) is 0 Å². The lowest BCUT2D eigenvalue weighted by atomic mass is 9.92. The Kier molecular flexibility index (Phi) is 3.52. The molecule has 2 N–H and O–H groups in total. The Morgan fingerprint density at radius 1 is 1.15 bits per heavy atom. The van der Waals surface area contributed by atoms with Crippen LogP contribution in [0.25, 0.3) is 10.9 Å². The maximum Gasteiger partial charge on any atom is 0.0480 e. The van der Waals surface area contributed by atoms with Gasteiger partial charge in [0.2, 0.25) is 0 Å². The van der Waals surface area contributed by atoms with Crippen LogP contribution in [0, 0.1) is 0 Å². The SMILES string of the molecule is Cn1cc(C(CN)Cc2ccncc2)c2ccccc21. The molecule has 0 aliphatic carbocycles. The van der Waals surface area contributed by atoms with Gasteiger partial charge in [0.15, 0.2) is 0 Å². The number of aryl methyl sites for hydroxylation is 1. The first-order chi connectivity index (χ1) is 9.79. The Morgan fingerprint density at radius 3 is 2.65 bits per heavy atom. The highest BCUT2D eigenvalue weighted by Gasteiger charge is 2.16. The smallest absolute Gasteiger partial charge is 0.0480 e. The van der Waals surface area contributed by atoms with Gasteiger partial charge in [-0.05, 0) is 42.3 Å². The van der Waals surface area contributed by atoms with Gasteiger partial charge in [0, 0.05) is 42.5 Å². The molecule has 3 aromatic rings. The fraction of sp³-hybridized carbons (Fsp3) is 0.235. The van der Waals surface area contributed by atoms with E-state index in [0.717, 1.165) is 6.42 Å². The number of hydrogen-bond donors (Lipinski definition) is 1. The summed E-state index contributed by atoms with van der Waals surface area (Å²) in [4.78, 5) is 4.07. The van der Waals surface area contributed by atoms with E-state index in [2.05, 4.69) is 59.2 Å². The van der Waals surface area contributed by atoms with E-state index < -0.39 is 0 Å². The third kappa shape index (κ3) is 2.32. The van der Waals surface area contributed by atoms with Crippen LogP contribution in [0.5, 0.6) is 0 Å². The number of nitrogens with zero attached hydrogens (tertiary/aromatic N) is 2. The van der Waals surface area contributed by atoms with Crippen molar-refractivity contribution in [2.24, 2.45) is 12.8 Å². The lowest BCUT2D eigenvalue weighted by Crippen LogP contribution is -2.14. The molecule has 2 aromatic heterocycles. The van der Waals surface area contributed by atoms with Crippen LogP contribution >= 0.6 is 0 Å². The van der Waals surface area contributed by atoms with Crippen LogP contribution in [0.1, 0.15) is 17.0 Å². The highest BCUT2D eigenvalue weighted by molar-refractivity contribution is 5.84. The molecular formula is C17H19N3. The van der Waals surface area contributed by atoms with Crippen molar-refractivity contribution in [1.29, 1.82) is 0 Å². The first-order valence-electron chi connectivity index (χ1n) is 6.92. The van der Waals surface area contributed by atoms with Crippen molar-refractivity contribution in [2.45, 2.75) is 12.3 Å². The molecule has 0 bridgehead atoms. The number of aromatic nitrogens is 2. The number of benzene rings is 1. The van der Waals surface area contributed by atoms with E-state index in [-0.39, 0.29) is 0 Å². The molecule has 1 aromatic carbocycles. The molecule has 0 amide bonds. The Labute approximate surface area is 119 Å². The van der Waals surface area contributed by atoms with Crippen molar-refractivity contribution in [1.82, 2.24) is 9.55 Å². The molecule has 3 heteroatoms. The van der Waals surface area contributed by atoms with Crippen LogP contribution in [0.2, 0.25) is 0 Å². The van der Waals surface area contributed by atoms with Crippen LogP contribution in [0.4, 0.5) is 0 Å². The monoisotopic (exact) mass is 265 g/mol. The van der Waals surface area contributed by atoms with Gasteiger partial charge in [0.1, 0.15) is 0 Å². The van der Waals surface area contributed by atoms with E-state index in [9.17, 15) is 0 Å². The molecule has 2 heterocycles. The van der Waals surface area contributed by atoms with Crippen LogP contribution < -0.4 is 5.73 Å². The van der Waals surface area contributed by atoms with Gasteiger partial charge >= 0.3 is 0 Å². The summed E-state index contributed by atoms with van der Waals surface area (Å²) in [7, 11) is 2.09. The minimum Gasteiger partial charge on any atom is -0.350 e. The first kappa shape index (κ1) is 12.9. The third-order valence-corrected chi connectivity index (χ3v) is 3.88. The van der Waals surface area contributed by atoms with Gasteiger partial charge in [0.05, 0.1) is 0 Å². The van der Waals surface area contributed by atoms with E-state index >= 15 is 0 Å². The van der Waals surface area contributed by atoms with Crippen molar-refractivity contribution < 1.29 is 0 Å². The molecule has 0 aliphatic rings. The molecule has 3 nitrogen and oxygen atoms in total. The van der Waals surface area contributed by atoms with E-state index in [4.69, 9.17) is 5.73 Å². The fourth-order valence-corrected chi connectivity index (χ4v) is 2.82. The Balaban J connectivity index is 1.99. The summed E-state index contributed by atoms with van der Waals surface area (Å²) in [5, 5.41) is 1.31. The molecule has 0 aliphatic heterocycles. The lowest BCUT2D eigenvalue weighted by molar-refractivity contribution is 0.695. The van der Waals surface area contributed by atoms with Gasteiger partial charge in [0.25, 0.3) is 0 Å². The van der Waals surface area contributed by atoms with Gasteiger partial charge in [-0.3, -0.25) is 4.98 Å². The van der Waals surface area contributed by atoms with Crippen LogP contribution in [-0.4, -0.2) is 16.1 Å². The standard InChI is InChI=1S/C17H19N3/c1-20-12-16(15-4-2-3-5-17(15)20)14(11-18)10-13-6-8-19-9-7-13/h2-9,12,14H,10-11,18H2,1H3. The molecule has 20 heavy (non-hydrogen) atoms. The Bertz CT molecular complexity index is 701. The molecule has 102 valence electrons. The normalized spacial score (nSPS) is 12.7. The van der Waals surface area contributed by atoms with Crippen molar-refractivity contribution in [3.05, 3.63) is 66.1 Å². The molecule has 0 radical (unpaired) electrons. The zero-order chi connectivity index (χ0) is 13.9. The molecular weight excluding hydrogens is 246 g/mol. The van der Waals surface area contributed by atoms with Crippen LogP contribution in [-0.2, 0) is 13.5 Å². The zero-order valence-corrected chi connectivity index (χ0v) is 11.7. The third-order valence-electron chi connectivity index (χ3n) is 3.88. The highest BCUT2D eigenvalue weighted by atomic mass is 14.9. The van der Waals surface area contributed by atoms with E-state index in [1.54, 1.807) is 0 Å². The van der Waals surface area contributed by atoms with E-state index in [1.165, 1.54) is 22.0 Å². The first-order valence-corrected chi connectivity index (χ1v) is 6.92. The summed E-state index contributed by atoms with van der Waals surface area (Å²) < 4.78 is 2.18. The summed E-state index contributed by atoms with van der Waals surface area (Å²) in [6.45, 7) is 0.649. The average Bonchev–Trinajstić information content (AvgIpc) is 2.84. The summed E-state index contributed by atoms with van der Waals surface area (Å²) >= 11 is 0. The van der Waals surface area contributed by atoms with Crippen LogP contribution in [0.15, 0.2) is 55.0 Å². The summed E-state index contributed by atoms with van der Waals surface area (Å²) in [6, 6.07) is 12.6.